The Hall–Kier alpha value is -0.860. The van der Waals surface area contributed by atoms with Gasteiger partial charge in [0.2, 0.25) is 0 Å². The number of aryl methyl sites for hydroxylation is 2. The van der Waals surface area contributed by atoms with Crippen LogP contribution in [0.2, 0.25) is 0 Å². The third-order valence-corrected chi connectivity index (χ3v) is 5.33. The standard InChI is InChI=1S/C16H21NS/c1-11-12(2)18-16-9-13(5-6-15(11)16)8-14-4-3-7-17-10-14/h5-6,9,14,17H,3-4,7-8,10H2,1-2H3. The lowest BCUT2D eigenvalue weighted by Gasteiger charge is -2.22. The lowest BCUT2D eigenvalue weighted by Crippen LogP contribution is -2.30. The molecule has 1 nitrogen and oxygen atoms in total. The molecule has 1 N–H and O–H groups in total. The number of hydrogen-bond donors (Lipinski definition) is 1. The molecule has 1 aliphatic heterocycles. The van der Waals surface area contributed by atoms with E-state index >= 15 is 0 Å². The van der Waals surface area contributed by atoms with Gasteiger partial charge in [-0.05, 0) is 74.7 Å². The first-order chi connectivity index (χ1) is 8.74. The second kappa shape index (κ2) is 5.02. The van der Waals surface area contributed by atoms with Gasteiger partial charge in [-0.2, -0.15) is 0 Å². The van der Waals surface area contributed by atoms with Crippen molar-refractivity contribution < 1.29 is 0 Å². The van der Waals surface area contributed by atoms with Gasteiger partial charge in [0.15, 0.2) is 0 Å². The monoisotopic (exact) mass is 259 g/mol. The third-order valence-electron chi connectivity index (χ3n) is 4.16. The van der Waals surface area contributed by atoms with Gasteiger partial charge in [-0.3, -0.25) is 0 Å². The molecule has 2 heteroatoms. The summed E-state index contributed by atoms with van der Waals surface area (Å²) in [6, 6.07) is 7.06. The highest BCUT2D eigenvalue weighted by Gasteiger charge is 2.14. The van der Waals surface area contributed by atoms with E-state index in [1.807, 2.05) is 11.3 Å². The Labute approximate surface area is 113 Å². The van der Waals surface area contributed by atoms with Crippen LogP contribution in [0.5, 0.6) is 0 Å². The summed E-state index contributed by atoms with van der Waals surface area (Å²) in [6.45, 7) is 6.86. The first-order valence-electron chi connectivity index (χ1n) is 6.93. The summed E-state index contributed by atoms with van der Waals surface area (Å²) in [5.74, 6) is 0.832. The summed E-state index contributed by atoms with van der Waals surface area (Å²) in [5.41, 5.74) is 2.97. The highest BCUT2D eigenvalue weighted by molar-refractivity contribution is 7.19. The van der Waals surface area contributed by atoms with E-state index in [0.29, 0.717) is 0 Å². The molecule has 1 atom stereocenters. The van der Waals surface area contributed by atoms with Gasteiger partial charge in [-0.1, -0.05) is 12.1 Å². The number of piperidine rings is 1. The van der Waals surface area contributed by atoms with Gasteiger partial charge in [0.05, 0.1) is 0 Å². The van der Waals surface area contributed by atoms with Crippen molar-refractivity contribution in [3.8, 4) is 0 Å². The van der Waals surface area contributed by atoms with Gasteiger partial charge in [0.1, 0.15) is 0 Å². The Balaban J connectivity index is 1.84. The molecule has 2 aromatic rings. The molecule has 96 valence electrons. The minimum Gasteiger partial charge on any atom is -0.316 e. The minimum atomic E-state index is 0.832. The number of thiophene rings is 1. The van der Waals surface area contributed by atoms with E-state index in [1.165, 1.54) is 58.4 Å². The van der Waals surface area contributed by atoms with Crippen molar-refractivity contribution in [3.63, 3.8) is 0 Å². The SMILES string of the molecule is Cc1sc2cc(CC3CCCNC3)ccc2c1C. The first-order valence-corrected chi connectivity index (χ1v) is 7.75. The molecule has 0 bridgehead atoms. The van der Waals surface area contributed by atoms with Crippen LogP contribution in [0.4, 0.5) is 0 Å². The van der Waals surface area contributed by atoms with Gasteiger partial charge in [-0.25, -0.2) is 0 Å². The number of hydrogen-bond acceptors (Lipinski definition) is 2. The number of fused-ring (bicyclic) bond motifs is 1. The summed E-state index contributed by atoms with van der Waals surface area (Å²) in [4.78, 5) is 1.46. The highest BCUT2D eigenvalue weighted by atomic mass is 32.1. The molecule has 1 fully saturated rings. The quantitative estimate of drug-likeness (QED) is 0.857. The lowest BCUT2D eigenvalue weighted by atomic mass is 9.92. The van der Waals surface area contributed by atoms with Crippen LogP contribution in [0.1, 0.15) is 28.8 Å². The summed E-state index contributed by atoms with van der Waals surface area (Å²) in [7, 11) is 0. The molecule has 3 rings (SSSR count). The molecular weight excluding hydrogens is 238 g/mol. The van der Waals surface area contributed by atoms with E-state index in [0.717, 1.165) is 5.92 Å². The zero-order valence-corrected chi connectivity index (χ0v) is 12.1. The minimum absolute atomic E-state index is 0.832. The molecule has 0 amide bonds. The van der Waals surface area contributed by atoms with Gasteiger partial charge in [0, 0.05) is 9.58 Å². The molecule has 1 unspecified atom stereocenters. The molecule has 1 aliphatic rings. The summed E-state index contributed by atoms with van der Waals surface area (Å²) < 4.78 is 1.46. The van der Waals surface area contributed by atoms with Gasteiger partial charge < -0.3 is 5.32 Å². The Kier molecular flexibility index (Phi) is 3.40. The maximum absolute atomic E-state index is 3.51. The highest BCUT2D eigenvalue weighted by Crippen LogP contribution is 2.31. The maximum atomic E-state index is 3.51. The summed E-state index contributed by atoms with van der Waals surface area (Å²) >= 11 is 1.94. The fourth-order valence-electron chi connectivity index (χ4n) is 2.95. The molecular formula is C16H21NS. The van der Waals surface area contributed by atoms with Crippen molar-refractivity contribution in [3.05, 3.63) is 34.2 Å². The maximum Gasteiger partial charge on any atom is 0.0351 e. The second-order valence-corrected chi connectivity index (χ2v) is 6.79. The first kappa shape index (κ1) is 12.2. The Morgan fingerprint density at radius 1 is 1.33 bits per heavy atom. The predicted octanol–water partition coefficient (Wildman–Crippen LogP) is 4.06. The molecule has 18 heavy (non-hydrogen) atoms. The Bertz CT molecular complexity index is 549. The third kappa shape index (κ3) is 2.32. The van der Waals surface area contributed by atoms with Crippen molar-refractivity contribution in [2.45, 2.75) is 33.1 Å². The van der Waals surface area contributed by atoms with Crippen molar-refractivity contribution in [2.75, 3.05) is 13.1 Å². The van der Waals surface area contributed by atoms with Crippen LogP contribution >= 0.6 is 11.3 Å². The molecule has 1 saturated heterocycles. The summed E-state index contributed by atoms with van der Waals surface area (Å²) in [6.07, 6.45) is 3.95. The van der Waals surface area contributed by atoms with Crippen LogP contribution in [-0.4, -0.2) is 13.1 Å². The van der Waals surface area contributed by atoms with Gasteiger partial charge in [-0.15, -0.1) is 11.3 Å². The van der Waals surface area contributed by atoms with Crippen molar-refractivity contribution in [1.82, 2.24) is 5.32 Å². The summed E-state index contributed by atoms with van der Waals surface area (Å²) in [5, 5.41) is 4.96. The zero-order valence-electron chi connectivity index (χ0n) is 11.3. The van der Waals surface area contributed by atoms with E-state index in [2.05, 4.69) is 37.4 Å². The van der Waals surface area contributed by atoms with Crippen LogP contribution in [0.3, 0.4) is 0 Å². The van der Waals surface area contributed by atoms with E-state index in [4.69, 9.17) is 0 Å². The average Bonchev–Trinajstić information content (AvgIpc) is 2.66. The van der Waals surface area contributed by atoms with Crippen LogP contribution in [0.15, 0.2) is 18.2 Å². The van der Waals surface area contributed by atoms with E-state index < -0.39 is 0 Å². The van der Waals surface area contributed by atoms with Crippen molar-refractivity contribution in [1.29, 1.82) is 0 Å². The largest absolute Gasteiger partial charge is 0.316 e. The van der Waals surface area contributed by atoms with E-state index in [-0.39, 0.29) is 0 Å². The van der Waals surface area contributed by atoms with Crippen molar-refractivity contribution >= 4 is 21.4 Å². The average molecular weight is 259 g/mol. The lowest BCUT2D eigenvalue weighted by molar-refractivity contribution is 0.376. The molecule has 1 aromatic heterocycles. The van der Waals surface area contributed by atoms with Crippen molar-refractivity contribution in [2.24, 2.45) is 5.92 Å². The van der Waals surface area contributed by atoms with Crippen LogP contribution in [0, 0.1) is 19.8 Å². The molecule has 0 spiro atoms. The smallest absolute Gasteiger partial charge is 0.0351 e. The topological polar surface area (TPSA) is 12.0 Å². The van der Waals surface area contributed by atoms with Crippen LogP contribution < -0.4 is 5.32 Å². The molecule has 0 saturated carbocycles. The number of nitrogens with one attached hydrogen (secondary N) is 1. The molecule has 2 heterocycles. The fraction of sp³-hybridized carbons (Fsp3) is 0.500. The second-order valence-electron chi connectivity index (χ2n) is 5.53. The van der Waals surface area contributed by atoms with E-state index in [9.17, 15) is 0 Å². The normalized spacial score (nSPS) is 20.4. The molecule has 0 aliphatic carbocycles. The molecule has 1 aromatic carbocycles. The zero-order chi connectivity index (χ0) is 12.5. The molecule has 0 radical (unpaired) electrons. The number of rotatable bonds is 2. The van der Waals surface area contributed by atoms with Gasteiger partial charge >= 0.3 is 0 Å². The Morgan fingerprint density at radius 2 is 2.22 bits per heavy atom. The van der Waals surface area contributed by atoms with Crippen LogP contribution in [0.25, 0.3) is 10.1 Å². The Morgan fingerprint density at radius 3 is 3.00 bits per heavy atom. The fourth-order valence-corrected chi connectivity index (χ4v) is 4.08. The predicted molar refractivity (Wildman–Crippen MR) is 80.6 cm³/mol. The van der Waals surface area contributed by atoms with E-state index in [1.54, 1.807) is 0 Å². The number of benzene rings is 1. The van der Waals surface area contributed by atoms with Crippen LogP contribution in [-0.2, 0) is 6.42 Å². The van der Waals surface area contributed by atoms with Gasteiger partial charge in [0.25, 0.3) is 0 Å².